The van der Waals surface area contributed by atoms with E-state index in [0.29, 0.717) is 5.75 Å². The molecule has 1 aliphatic rings. The maximum Gasteiger partial charge on any atom is 0.337 e. The Hall–Kier alpha value is -3.67. The van der Waals surface area contributed by atoms with Gasteiger partial charge in [0.05, 0.1) is 12.0 Å². The van der Waals surface area contributed by atoms with Crippen LogP contribution in [0.3, 0.4) is 0 Å². The summed E-state index contributed by atoms with van der Waals surface area (Å²) in [6, 6.07) is 5.36. The van der Waals surface area contributed by atoms with Crippen LogP contribution in [0.15, 0.2) is 18.2 Å². The zero-order valence-electron chi connectivity index (χ0n) is 28.2. The summed E-state index contributed by atoms with van der Waals surface area (Å²) in [6.45, 7) is -0.963. The van der Waals surface area contributed by atoms with Crippen LogP contribution in [0.1, 0.15) is 66.7 Å². The first-order valence-electron chi connectivity index (χ1n) is 14.9. The Bertz CT molecular complexity index is 1260. The third-order valence-corrected chi connectivity index (χ3v) is 5.51. The largest absolute Gasteiger partial charge is 0.493 e. The summed E-state index contributed by atoms with van der Waals surface area (Å²) in [5, 5.41) is 9.79. The van der Waals surface area contributed by atoms with E-state index in [1.54, 1.807) is 19.1 Å². The number of hydrogen-bond donors (Lipinski definition) is 1. The van der Waals surface area contributed by atoms with Crippen molar-refractivity contribution in [3.63, 3.8) is 0 Å². The molecule has 0 aromatic heterocycles. The number of hydrogen-bond acceptors (Lipinski definition) is 11. The van der Waals surface area contributed by atoms with Gasteiger partial charge in [-0.1, -0.05) is 12.1 Å². The van der Waals surface area contributed by atoms with Gasteiger partial charge in [-0.05, 0) is 57.6 Å². The van der Waals surface area contributed by atoms with Crippen molar-refractivity contribution in [1.29, 1.82) is 0 Å². The minimum atomic E-state index is -3.53. The molecule has 0 unspecified atom stereocenters. The second-order valence-electron chi connectivity index (χ2n) is 9.02. The van der Waals surface area contributed by atoms with Crippen molar-refractivity contribution in [2.24, 2.45) is 5.41 Å². The Balaban J connectivity index is 2.53. The highest BCUT2D eigenvalue weighted by atomic mass is 16.7. The Kier molecular flexibility index (Phi) is 7.99. The average molecular weight is 559 g/mol. The summed E-state index contributed by atoms with van der Waals surface area (Å²) in [5.41, 5.74) is -1.58. The lowest BCUT2D eigenvalue weighted by Crippen LogP contribution is -2.64. The first-order chi connectivity index (χ1) is 20.6. The van der Waals surface area contributed by atoms with Crippen LogP contribution >= 0.6 is 0 Å². The van der Waals surface area contributed by atoms with E-state index < -0.39 is 86.1 Å². The van der Waals surface area contributed by atoms with E-state index in [1.807, 2.05) is 13.0 Å². The van der Waals surface area contributed by atoms with E-state index in [1.165, 1.54) is 0 Å². The topological polar surface area (TPSA) is 161 Å². The Labute approximate surface area is 235 Å². The summed E-state index contributed by atoms with van der Waals surface area (Å²) >= 11 is 0. The van der Waals surface area contributed by atoms with Gasteiger partial charge in [-0.25, -0.2) is 4.79 Å². The van der Waals surface area contributed by atoms with Crippen LogP contribution in [0.4, 0.5) is 0 Å². The van der Waals surface area contributed by atoms with E-state index in [-0.39, 0.29) is 13.0 Å². The van der Waals surface area contributed by atoms with Gasteiger partial charge in [0.25, 0.3) is 0 Å². The number of aryl methyl sites for hydroxylation is 2. The van der Waals surface area contributed by atoms with Crippen molar-refractivity contribution in [3.05, 3.63) is 29.3 Å². The van der Waals surface area contributed by atoms with E-state index in [0.717, 1.165) is 31.9 Å². The average Bonchev–Trinajstić information content (AvgIpc) is 2.86. The second-order valence-corrected chi connectivity index (χ2v) is 9.02. The van der Waals surface area contributed by atoms with E-state index in [9.17, 15) is 29.1 Å². The Morgan fingerprint density at radius 3 is 2.08 bits per heavy atom. The van der Waals surface area contributed by atoms with Crippen molar-refractivity contribution < 1.29 is 65.7 Å². The predicted molar refractivity (Wildman–Crippen MR) is 133 cm³/mol. The fourth-order valence-electron chi connectivity index (χ4n) is 3.76. The molecule has 1 aromatic carbocycles. The Morgan fingerprint density at radius 2 is 1.51 bits per heavy atom. The normalized spacial score (nSPS) is 25.7. The molecule has 1 fully saturated rings. The van der Waals surface area contributed by atoms with Crippen molar-refractivity contribution in [2.45, 2.75) is 91.9 Å². The quantitative estimate of drug-likeness (QED) is 0.240. The van der Waals surface area contributed by atoms with Crippen LogP contribution < -0.4 is 4.74 Å². The molecule has 1 heterocycles. The highest BCUT2D eigenvalue weighted by molar-refractivity contribution is 5.77. The zero-order valence-corrected chi connectivity index (χ0v) is 22.2. The SMILES string of the molecule is [2H]C([2H])([2H])C(CCCOc1cc(C)ccc1C)(C(=O)O[C@@H]1O[C@H](C(=O)O)[C@@H](OC(C)=O)[C@H](OC(C)=O)[C@H]1OC(C)=O)C([2H])([2H])[2H]. The van der Waals surface area contributed by atoms with Crippen LogP contribution in [0.25, 0.3) is 0 Å². The van der Waals surface area contributed by atoms with Gasteiger partial charge in [-0.3, -0.25) is 19.2 Å². The molecule has 1 aliphatic heterocycles. The number of carboxylic acids is 1. The van der Waals surface area contributed by atoms with Gasteiger partial charge in [0.2, 0.25) is 12.4 Å². The molecular weight excluding hydrogens is 516 g/mol. The van der Waals surface area contributed by atoms with Crippen LogP contribution in [0.5, 0.6) is 5.75 Å². The van der Waals surface area contributed by atoms with Gasteiger partial charge in [-0.2, -0.15) is 0 Å². The van der Waals surface area contributed by atoms with Crippen molar-refractivity contribution in [1.82, 2.24) is 0 Å². The van der Waals surface area contributed by atoms with E-state index in [2.05, 4.69) is 0 Å². The number of rotatable bonds is 11. The fraction of sp³-hybridized carbons (Fsp3) is 0.593. The number of esters is 4. The molecule has 5 atom stereocenters. The molecule has 0 saturated carbocycles. The zero-order chi connectivity index (χ0) is 34.5. The van der Waals surface area contributed by atoms with Crippen LogP contribution in [0, 0.1) is 19.3 Å². The van der Waals surface area contributed by atoms with Crippen molar-refractivity contribution in [2.75, 3.05) is 6.61 Å². The highest BCUT2D eigenvalue weighted by Crippen LogP contribution is 2.33. The summed E-state index contributed by atoms with van der Waals surface area (Å²) in [6.07, 6.45) is -11.5. The first kappa shape index (κ1) is 23.2. The van der Waals surface area contributed by atoms with Gasteiger partial charge in [0.15, 0.2) is 18.3 Å². The lowest BCUT2D eigenvalue weighted by Gasteiger charge is -2.43. The molecule has 2 rings (SSSR count). The number of ether oxygens (including phenoxy) is 6. The number of aliphatic carboxylic acids is 1. The highest BCUT2D eigenvalue weighted by Gasteiger charge is 2.56. The van der Waals surface area contributed by atoms with Gasteiger partial charge < -0.3 is 33.5 Å². The third kappa shape index (κ3) is 8.95. The summed E-state index contributed by atoms with van der Waals surface area (Å²) in [7, 11) is 0. The molecule has 39 heavy (non-hydrogen) atoms. The fourth-order valence-corrected chi connectivity index (χ4v) is 3.76. The molecule has 0 amide bonds. The third-order valence-electron chi connectivity index (χ3n) is 5.51. The predicted octanol–water partition coefficient (Wildman–Crippen LogP) is 2.64. The molecule has 0 radical (unpaired) electrons. The molecule has 12 heteroatoms. The molecule has 0 bridgehead atoms. The minimum absolute atomic E-state index is 0.193. The number of benzene rings is 1. The molecule has 12 nitrogen and oxygen atoms in total. The smallest absolute Gasteiger partial charge is 0.337 e. The van der Waals surface area contributed by atoms with Gasteiger partial charge in [0.1, 0.15) is 5.75 Å². The summed E-state index contributed by atoms with van der Waals surface area (Å²) in [5.74, 6) is -6.40. The van der Waals surface area contributed by atoms with Crippen molar-refractivity contribution >= 4 is 29.8 Å². The molecule has 0 aliphatic carbocycles. The standard InChI is InChI=1S/C27H36O12/c1-14-9-10-15(2)19(13-14)34-12-8-11-27(6,7)26(33)39-25-23(37-18(5)30)21(36-17(4)29)20(35-16(3)28)22(38-25)24(31)32/h9-10,13,20-23,25H,8,11-12H2,1-7H3,(H,31,32)/t20-,21-,22-,23+,25-/m0/s1/i6D3,7D3. The first-order valence-corrected chi connectivity index (χ1v) is 11.9. The Morgan fingerprint density at radius 1 is 0.923 bits per heavy atom. The molecule has 0 spiro atoms. The van der Waals surface area contributed by atoms with Crippen molar-refractivity contribution in [3.8, 4) is 5.75 Å². The number of carboxylic acid groups (broad SMARTS) is 1. The second kappa shape index (κ2) is 13.4. The summed E-state index contributed by atoms with van der Waals surface area (Å²) in [4.78, 5) is 61.5. The maximum atomic E-state index is 13.7. The van der Waals surface area contributed by atoms with Gasteiger partial charge in [0, 0.05) is 29.0 Å². The number of carbonyl (C=O) groups excluding carboxylic acids is 4. The molecular formula is C27H36O12. The van der Waals surface area contributed by atoms with Crippen LogP contribution in [0.2, 0.25) is 0 Å². The van der Waals surface area contributed by atoms with Crippen LogP contribution in [-0.2, 0) is 47.7 Å². The number of carbonyl (C=O) groups is 5. The molecule has 1 aromatic rings. The molecule has 1 saturated heterocycles. The minimum Gasteiger partial charge on any atom is -0.493 e. The monoisotopic (exact) mass is 558 g/mol. The maximum absolute atomic E-state index is 13.7. The van der Waals surface area contributed by atoms with Crippen LogP contribution in [-0.4, -0.2) is 72.3 Å². The van der Waals surface area contributed by atoms with E-state index >= 15 is 0 Å². The lowest BCUT2D eigenvalue weighted by molar-refractivity contribution is -0.296. The van der Waals surface area contributed by atoms with E-state index in [4.69, 9.17) is 36.6 Å². The lowest BCUT2D eigenvalue weighted by atomic mass is 9.88. The molecule has 1 N–H and O–H groups in total. The van der Waals surface area contributed by atoms with Gasteiger partial charge in [-0.15, -0.1) is 0 Å². The molecule has 216 valence electrons. The summed E-state index contributed by atoms with van der Waals surface area (Å²) < 4.78 is 80.0. The van der Waals surface area contributed by atoms with Gasteiger partial charge >= 0.3 is 29.8 Å².